The number of aliphatic hydroxyl groups is 1. The van der Waals surface area contributed by atoms with E-state index in [1.54, 1.807) is 0 Å². The van der Waals surface area contributed by atoms with Crippen LogP contribution < -0.4 is 5.14 Å². The molecule has 1 rings (SSSR count). The van der Waals surface area contributed by atoms with Crippen molar-refractivity contribution in [3.63, 3.8) is 0 Å². The van der Waals surface area contributed by atoms with Crippen molar-refractivity contribution in [2.75, 3.05) is 0 Å². The van der Waals surface area contributed by atoms with Gasteiger partial charge in [0.25, 0.3) is 0 Å². The van der Waals surface area contributed by atoms with Crippen molar-refractivity contribution in [3.05, 3.63) is 16.8 Å². The fraction of sp³-hybridized carbons (Fsp3) is 0.429. The Morgan fingerprint density at radius 3 is 2.46 bits per heavy atom. The van der Waals surface area contributed by atoms with E-state index in [1.165, 1.54) is 13.8 Å². The molecule has 1 heterocycles. The van der Waals surface area contributed by atoms with Crippen molar-refractivity contribution in [3.8, 4) is 0 Å². The van der Waals surface area contributed by atoms with Crippen molar-refractivity contribution < 1.29 is 13.7 Å². The molecule has 6 heteroatoms. The van der Waals surface area contributed by atoms with E-state index >= 15 is 0 Å². The second kappa shape index (κ2) is 3.45. The molecule has 1 aromatic heterocycles. The molecule has 0 amide bonds. The predicted octanol–water partition coefficient (Wildman–Crippen LogP) is 1.10. The van der Waals surface area contributed by atoms with Gasteiger partial charge in [-0.05, 0) is 19.9 Å². The summed E-state index contributed by atoms with van der Waals surface area (Å²) in [7, 11) is -1.82. The lowest BCUT2D eigenvalue weighted by Crippen LogP contribution is -2.12. The average Bonchev–Trinajstić information content (AvgIpc) is 2.29. The van der Waals surface area contributed by atoms with Gasteiger partial charge in [-0.3, -0.25) is 0 Å². The van der Waals surface area contributed by atoms with E-state index in [2.05, 4.69) is 0 Å². The Kier molecular flexibility index (Phi) is 2.86. The summed E-state index contributed by atoms with van der Waals surface area (Å²) in [5.74, 6) is -0.622. The van der Waals surface area contributed by atoms with Crippen LogP contribution in [0.1, 0.15) is 18.7 Å². The molecule has 0 saturated carbocycles. The van der Waals surface area contributed by atoms with Crippen LogP contribution in [0.25, 0.3) is 0 Å². The molecule has 0 fully saturated rings. The highest BCUT2D eigenvalue weighted by molar-refractivity contribution is 7.85. The van der Waals surface area contributed by atoms with Crippen molar-refractivity contribution in [1.82, 2.24) is 0 Å². The lowest BCUT2D eigenvalue weighted by atomic mass is 10.1. The first-order valence-electron chi connectivity index (χ1n) is 3.50. The topological polar surface area (TPSA) is 63.3 Å². The zero-order chi connectivity index (χ0) is 10.2. The van der Waals surface area contributed by atoms with Gasteiger partial charge in [-0.25, -0.2) is 13.7 Å². The summed E-state index contributed by atoms with van der Waals surface area (Å²) in [4.78, 5) is 0.416. The molecule has 0 radical (unpaired) electrons. The van der Waals surface area contributed by atoms with Gasteiger partial charge in [0.15, 0.2) is 5.82 Å². The van der Waals surface area contributed by atoms with Crippen LogP contribution in [-0.4, -0.2) is 9.32 Å². The molecule has 3 N–H and O–H groups in total. The molecule has 0 unspecified atom stereocenters. The highest BCUT2D eigenvalue weighted by atomic mass is 32.2. The Hall–Kier alpha value is -0.300. The van der Waals surface area contributed by atoms with E-state index in [9.17, 15) is 13.7 Å². The van der Waals surface area contributed by atoms with Crippen LogP contribution in [0.5, 0.6) is 0 Å². The van der Waals surface area contributed by atoms with Crippen LogP contribution in [0.15, 0.2) is 10.3 Å². The second-order valence-corrected chi connectivity index (χ2v) is 5.42. The Morgan fingerprint density at radius 2 is 2.23 bits per heavy atom. The van der Waals surface area contributed by atoms with Gasteiger partial charge < -0.3 is 5.11 Å². The molecule has 0 bridgehead atoms. The van der Waals surface area contributed by atoms with Crippen LogP contribution in [0, 0.1) is 5.82 Å². The SMILES string of the molecule is CC(C)(O)c1cc(F)c([S@@](N)=O)s1. The fourth-order valence-electron chi connectivity index (χ4n) is 0.791. The predicted molar refractivity (Wildman–Crippen MR) is 50.1 cm³/mol. The number of hydrogen-bond acceptors (Lipinski definition) is 3. The minimum Gasteiger partial charge on any atom is -0.385 e. The summed E-state index contributed by atoms with van der Waals surface area (Å²) >= 11 is 0.924. The molecule has 1 atom stereocenters. The van der Waals surface area contributed by atoms with Gasteiger partial charge in [-0.2, -0.15) is 0 Å². The van der Waals surface area contributed by atoms with Gasteiger partial charge in [0.1, 0.15) is 15.2 Å². The summed E-state index contributed by atoms with van der Waals surface area (Å²) in [6, 6.07) is 1.16. The maximum absolute atomic E-state index is 13.0. The molecule has 0 aromatic carbocycles. The normalized spacial score (nSPS) is 14.5. The van der Waals surface area contributed by atoms with Crippen LogP contribution in [0.3, 0.4) is 0 Å². The van der Waals surface area contributed by atoms with Crippen LogP contribution in [0.2, 0.25) is 0 Å². The molecule has 0 spiro atoms. The second-order valence-electron chi connectivity index (χ2n) is 3.10. The number of rotatable bonds is 2. The van der Waals surface area contributed by atoms with E-state index in [1.807, 2.05) is 0 Å². The first kappa shape index (κ1) is 10.8. The molecule has 0 aliphatic carbocycles. The van der Waals surface area contributed by atoms with E-state index in [0.717, 1.165) is 17.4 Å². The van der Waals surface area contributed by atoms with E-state index < -0.39 is 22.4 Å². The number of halogens is 1. The third-order valence-electron chi connectivity index (χ3n) is 1.44. The van der Waals surface area contributed by atoms with E-state index in [4.69, 9.17) is 5.14 Å². The largest absolute Gasteiger partial charge is 0.385 e. The smallest absolute Gasteiger partial charge is 0.151 e. The summed E-state index contributed by atoms with van der Waals surface area (Å²) in [6.07, 6.45) is 0. The fourth-order valence-corrected chi connectivity index (χ4v) is 2.41. The van der Waals surface area contributed by atoms with Crippen LogP contribution in [0.4, 0.5) is 4.39 Å². The van der Waals surface area contributed by atoms with Crippen molar-refractivity contribution >= 4 is 22.3 Å². The Balaban J connectivity index is 3.17. The van der Waals surface area contributed by atoms with Crippen LogP contribution >= 0.6 is 11.3 Å². The Labute approximate surface area is 82.0 Å². The minimum absolute atomic E-state index is 0.0304. The average molecular weight is 223 g/mol. The zero-order valence-electron chi connectivity index (χ0n) is 7.20. The van der Waals surface area contributed by atoms with Gasteiger partial charge >= 0.3 is 0 Å². The highest BCUT2D eigenvalue weighted by Crippen LogP contribution is 2.31. The standard InChI is InChI=1S/C7H10FNO2S2/c1-7(2,10)5-3-4(8)6(12-5)13(9)11/h3,10H,9H2,1-2H3/t13-/m0/s1. The highest BCUT2D eigenvalue weighted by Gasteiger charge is 2.22. The molecule has 1 aromatic rings. The van der Waals surface area contributed by atoms with Gasteiger partial charge in [0, 0.05) is 4.88 Å². The first-order chi connectivity index (χ1) is 5.82. The van der Waals surface area contributed by atoms with Gasteiger partial charge in [0.05, 0.1) is 5.60 Å². The maximum Gasteiger partial charge on any atom is 0.151 e. The first-order valence-corrected chi connectivity index (χ1v) is 5.53. The molecule has 0 saturated heterocycles. The van der Waals surface area contributed by atoms with Gasteiger partial charge in [0.2, 0.25) is 0 Å². The van der Waals surface area contributed by atoms with Gasteiger partial charge in [-0.15, -0.1) is 11.3 Å². The number of thiophene rings is 1. The summed E-state index contributed by atoms with van der Waals surface area (Å²) in [5.41, 5.74) is -1.12. The lowest BCUT2D eigenvalue weighted by Gasteiger charge is -2.13. The third-order valence-corrected chi connectivity index (χ3v) is 3.96. The van der Waals surface area contributed by atoms with Crippen molar-refractivity contribution in [2.24, 2.45) is 5.14 Å². The Morgan fingerprint density at radius 1 is 1.69 bits per heavy atom. The zero-order valence-corrected chi connectivity index (χ0v) is 8.84. The van der Waals surface area contributed by atoms with Crippen molar-refractivity contribution in [1.29, 1.82) is 0 Å². The lowest BCUT2D eigenvalue weighted by molar-refractivity contribution is 0.0823. The molecular formula is C7H10FNO2S2. The molecule has 74 valence electrons. The molecule has 0 aliphatic rings. The molecule has 13 heavy (non-hydrogen) atoms. The van der Waals surface area contributed by atoms with E-state index in [-0.39, 0.29) is 4.21 Å². The number of nitrogens with two attached hydrogens (primary N) is 1. The third kappa shape index (κ3) is 2.34. The molecule has 0 aliphatic heterocycles. The summed E-state index contributed by atoms with van der Waals surface area (Å²) < 4.78 is 23.8. The summed E-state index contributed by atoms with van der Waals surface area (Å²) in [5, 5.41) is 14.5. The van der Waals surface area contributed by atoms with E-state index in [0.29, 0.717) is 4.88 Å². The van der Waals surface area contributed by atoms with Crippen molar-refractivity contribution in [2.45, 2.75) is 23.7 Å². The quantitative estimate of drug-likeness (QED) is 0.788. The summed E-state index contributed by atoms with van der Waals surface area (Å²) in [6.45, 7) is 3.06. The van der Waals surface area contributed by atoms with Crippen LogP contribution in [-0.2, 0) is 16.6 Å². The van der Waals surface area contributed by atoms with Gasteiger partial charge in [-0.1, -0.05) is 0 Å². The Bertz CT molecular complexity index is 343. The molecular weight excluding hydrogens is 213 g/mol. The maximum atomic E-state index is 13.0. The monoisotopic (exact) mass is 223 g/mol. The number of hydrogen-bond donors (Lipinski definition) is 2. The molecule has 3 nitrogen and oxygen atoms in total. The minimum atomic E-state index is -1.82.